The predicted molar refractivity (Wildman–Crippen MR) is 55.1 cm³/mol. The smallest absolute Gasteiger partial charge is 0.326 e. The Hall–Kier alpha value is -1.00. The van der Waals surface area contributed by atoms with Crippen molar-refractivity contribution in [3.8, 4) is 0 Å². The lowest BCUT2D eigenvalue weighted by Crippen LogP contribution is -2.16. The number of nitrogens with zero attached hydrogens (tertiary/aromatic N) is 1. The molecule has 0 bridgehead atoms. The van der Waals surface area contributed by atoms with Crippen molar-refractivity contribution in [1.82, 2.24) is 4.98 Å². The van der Waals surface area contributed by atoms with Gasteiger partial charge in [0.15, 0.2) is 0 Å². The van der Waals surface area contributed by atoms with Crippen LogP contribution in [0.4, 0.5) is 22.0 Å². The van der Waals surface area contributed by atoms with E-state index in [0.29, 0.717) is 0 Å². The Morgan fingerprint density at radius 1 is 1.37 bits per heavy atom. The third-order valence-corrected chi connectivity index (χ3v) is 3.47. The fourth-order valence-corrected chi connectivity index (χ4v) is 2.46. The van der Waals surface area contributed by atoms with Gasteiger partial charge < -0.3 is 5.73 Å². The Kier molecular flexibility index (Phi) is 4.37. The third-order valence-electron chi connectivity index (χ3n) is 2.08. The van der Waals surface area contributed by atoms with E-state index < -0.39 is 50.0 Å². The minimum Gasteiger partial charge on any atom is -0.326 e. The van der Waals surface area contributed by atoms with Gasteiger partial charge in [-0.15, -0.1) is 0 Å². The number of pyridine rings is 1. The summed E-state index contributed by atoms with van der Waals surface area (Å²) in [4.78, 5) is 1.59. The predicted octanol–water partition coefficient (Wildman–Crippen LogP) is 2.42. The van der Waals surface area contributed by atoms with Crippen LogP contribution in [-0.4, -0.2) is 13.4 Å². The van der Waals surface area contributed by atoms with E-state index in [1.165, 1.54) is 0 Å². The number of hydrogen-bond acceptors (Lipinski definition) is 4. The molecule has 11 heteroatoms. The van der Waals surface area contributed by atoms with E-state index >= 15 is 0 Å². The molecule has 0 saturated carbocycles. The zero-order chi connectivity index (χ0) is 15.0. The molecule has 0 radical (unpaired) electrons. The Bertz CT molecular complexity index is 588. The molecular weight excluding hydrogens is 319 g/mol. The molecule has 0 aromatic carbocycles. The summed E-state index contributed by atoms with van der Waals surface area (Å²) in [5, 5.41) is 0. The van der Waals surface area contributed by atoms with E-state index in [0.717, 1.165) is 0 Å². The van der Waals surface area contributed by atoms with Crippen LogP contribution in [0.5, 0.6) is 0 Å². The van der Waals surface area contributed by atoms with Crippen LogP contribution < -0.4 is 5.73 Å². The number of halogens is 6. The minimum absolute atomic E-state index is 0.0798. The second-order valence-corrected chi connectivity index (χ2v) is 5.84. The van der Waals surface area contributed by atoms with Crippen molar-refractivity contribution in [1.29, 1.82) is 0 Å². The summed E-state index contributed by atoms with van der Waals surface area (Å²) in [6.07, 6.45) is -8.51. The highest BCUT2D eigenvalue weighted by molar-refractivity contribution is 8.13. The lowest BCUT2D eigenvalue weighted by Gasteiger charge is -2.14. The molecule has 1 aromatic rings. The number of aromatic nitrogens is 1. The van der Waals surface area contributed by atoms with Gasteiger partial charge in [0, 0.05) is 22.8 Å². The Balaban J connectivity index is 3.75. The van der Waals surface area contributed by atoms with Crippen molar-refractivity contribution >= 4 is 19.7 Å². The zero-order valence-corrected chi connectivity index (χ0v) is 10.5. The monoisotopic (exact) mass is 324 g/mol. The van der Waals surface area contributed by atoms with Gasteiger partial charge >= 0.3 is 6.18 Å². The third kappa shape index (κ3) is 3.51. The fourth-order valence-electron chi connectivity index (χ4n) is 1.32. The normalized spacial score (nSPS) is 13.1. The first-order valence-electron chi connectivity index (χ1n) is 4.52. The van der Waals surface area contributed by atoms with E-state index in [9.17, 15) is 30.4 Å². The average Bonchev–Trinajstić information content (AvgIpc) is 2.24. The Morgan fingerprint density at radius 2 is 1.89 bits per heavy atom. The summed E-state index contributed by atoms with van der Waals surface area (Å²) >= 11 is 0. The highest BCUT2D eigenvalue weighted by atomic mass is 35.7. The van der Waals surface area contributed by atoms with Crippen LogP contribution in [0, 0.1) is 0 Å². The zero-order valence-electron chi connectivity index (χ0n) is 8.88. The van der Waals surface area contributed by atoms with Crippen molar-refractivity contribution in [2.45, 2.75) is 24.0 Å². The molecular formula is C8H6ClF5N2O2S. The second kappa shape index (κ2) is 5.17. The first-order valence-corrected chi connectivity index (χ1v) is 6.83. The van der Waals surface area contributed by atoms with E-state index in [4.69, 9.17) is 16.4 Å². The molecule has 1 heterocycles. The van der Waals surface area contributed by atoms with Gasteiger partial charge in [-0.05, 0) is 6.07 Å². The number of nitrogens with two attached hydrogens (primary N) is 1. The first-order chi connectivity index (χ1) is 8.48. The molecule has 0 aliphatic carbocycles. The van der Waals surface area contributed by atoms with Crippen molar-refractivity contribution in [3.05, 3.63) is 23.0 Å². The first kappa shape index (κ1) is 16.1. The SMILES string of the molecule is NCc1c(S(=O)(=O)Cl)cc(C(F)(F)F)nc1C(F)F. The number of alkyl halides is 5. The van der Waals surface area contributed by atoms with Gasteiger partial charge in [0.1, 0.15) is 11.4 Å². The van der Waals surface area contributed by atoms with E-state index in [1.54, 1.807) is 0 Å². The molecule has 1 rings (SSSR count). The molecule has 4 nitrogen and oxygen atoms in total. The summed E-state index contributed by atoms with van der Waals surface area (Å²) in [5.41, 5.74) is 1.20. The average molecular weight is 325 g/mol. The highest BCUT2D eigenvalue weighted by Gasteiger charge is 2.37. The summed E-state index contributed by atoms with van der Waals surface area (Å²) in [6, 6.07) is 0.0798. The Labute approximate surface area is 108 Å². The van der Waals surface area contributed by atoms with Gasteiger partial charge in [-0.1, -0.05) is 0 Å². The van der Waals surface area contributed by atoms with Crippen LogP contribution in [0.2, 0.25) is 0 Å². The molecule has 2 N–H and O–H groups in total. The van der Waals surface area contributed by atoms with Gasteiger partial charge in [-0.25, -0.2) is 22.2 Å². The lowest BCUT2D eigenvalue weighted by molar-refractivity contribution is -0.141. The van der Waals surface area contributed by atoms with Crippen LogP contribution in [-0.2, 0) is 21.8 Å². The van der Waals surface area contributed by atoms with Crippen LogP contribution in [0.15, 0.2) is 11.0 Å². The largest absolute Gasteiger partial charge is 0.433 e. The molecule has 0 amide bonds. The van der Waals surface area contributed by atoms with E-state index in [-0.39, 0.29) is 6.07 Å². The molecule has 0 aliphatic rings. The molecule has 0 spiro atoms. The summed E-state index contributed by atoms with van der Waals surface area (Å²) in [7, 11) is 0.252. The van der Waals surface area contributed by atoms with E-state index in [1.807, 2.05) is 0 Å². The molecule has 108 valence electrons. The van der Waals surface area contributed by atoms with Crippen molar-refractivity contribution in [2.75, 3.05) is 0 Å². The van der Waals surface area contributed by atoms with Gasteiger partial charge in [0.25, 0.3) is 15.5 Å². The highest BCUT2D eigenvalue weighted by Crippen LogP contribution is 2.35. The van der Waals surface area contributed by atoms with Gasteiger partial charge in [0.2, 0.25) is 0 Å². The molecule has 1 aromatic heterocycles. The number of hydrogen-bond donors (Lipinski definition) is 1. The van der Waals surface area contributed by atoms with E-state index in [2.05, 4.69) is 4.98 Å². The fraction of sp³-hybridized carbons (Fsp3) is 0.375. The quantitative estimate of drug-likeness (QED) is 0.684. The van der Waals surface area contributed by atoms with Crippen molar-refractivity contribution in [2.24, 2.45) is 5.73 Å². The molecule has 19 heavy (non-hydrogen) atoms. The number of rotatable bonds is 3. The van der Waals surface area contributed by atoms with Crippen LogP contribution in [0.25, 0.3) is 0 Å². The minimum atomic E-state index is -5.09. The van der Waals surface area contributed by atoms with Crippen LogP contribution in [0.1, 0.15) is 23.4 Å². The van der Waals surface area contributed by atoms with Gasteiger partial charge in [-0.3, -0.25) is 0 Å². The van der Waals surface area contributed by atoms with Crippen LogP contribution in [0.3, 0.4) is 0 Å². The lowest BCUT2D eigenvalue weighted by atomic mass is 10.1. The molecule has 0 unspecified atom stereocenters. The molecule has 0 fully saturated rings. The maximum Gasteiger partial charge on any atom is 0.433 e. The molecule has 0 aliphatic heterocycles. The Morgan fingerprint density at radius 3 is 2.21 bits per heavy atom. The summed E-state index contributed by atoms with van der Waals surface area (Å²) in [5.74, 6) is 0. The van der Waals surface area contributed by atoms with Crippen LogP contribution >= 0.6 is 10.7 Å². The summed E-state index contributed by atoms with van der Waals surface area (Å²) in [6.45, 7) is -0.744. The molecule has 0 atom stereocenters. The maximum absolute atomic E-state index is 12.6. The van der Waals surface area contributed by atoms with Crippen molar-refractivity contribution < 1.29 is 30.4 Å². The second-order valence-electron chi connectivity index (χ2n) is 3.31. The van der Waals surface area contributed by atoms with Crippen molar-refractivity contribution in [3.63, 3.8) is 0 Å². The standard InChI is InChI=1S/C8H6ClF5N2O2S/c9-19(17,18)4-1-5(8(12,13)14)16-6(7(10)11)3(4)2-15/h1,7H,2,15H2. The van der Waals surface area contributed by atoms with Gasteiger partial charge in [-0.2, -0.15) is 13.2 Å². The maximum atomic E-state index is 12.6. The summed E-state index contributed by atoms with van der Waals surface area (Å²) < 4.78 is 84.9. The van der Waals surface area contributed by atoms with Gasteiger partial charge in [0.05, 0.1) is 4.90 Å². The topological polar surface area (TPSA) is 73.1 Å². The molecule has 0 saturated heterocycles.